The Kier molecular flexibility index (Phi) is 8.57. The number of hydrogen-bond acceptors (Lipinski definition) is 0. The lowest BCUT2D eigenvalue weighted by Crippen LogP contribution is -2.32. The molecule has 1 aliphatic carbocycles. The molecule has 0 saturated carbocycles. The second-order valence-electron chi connectivity index (χ2n) is 6.82. The predicted molar refractivity (Wildman–Crippen MR) is 91.9 cm³/mol. The summed E-state index contributed by atoms with van der Waals surface area (Å²) >= 11 is 0. The largest absolute Gasteiger partial charge is 0.0882 e. The highest BCUT2D eigenvalue weighted by Gasteiger charge is 2.33. The van der Waals surface area contributed by atoms with Crippen LogP contribution in [0.5, 0.6) is 0 Å². The summed E-state index contributed by atoms with van der Waals surface area (Å²) in [5, 5.41) is 0. The molecule has 5 atom stereocenters. The lowest BCUT2D eigenvalue weighted by Gasteiger charge is -2.40. The maximum Gasteiger partial charge on any atom is -0.0205 e. The molecule has 0 nitrogen and oxygen atoms in total. The molecule has 0 bridgehead atoms. The summed E-state index contributed by atoms with van der Waals surface area (Å²) in [6.45, 7) is 12.1. The van der Waals surface area contributed by atoms with Crippen molar-refractivity contribution in [3.05, 3.63) is 12.2 Å². The van der Waals surface area contributed by atoms with Gasteiger partial charge in [0.1, 0.15) is 0 Å². The SMILES string of the molecule is CCC1C=CCCCC(CC)C(CC)C(CC)C1CC. The maximum atomic E-state index is 2.57. The highest BCUT2D eigenvalue weighted by molar-refractivity contribution is 4.95. The van der Waals surface area contributed by atoms with Crippen molar-refractivity contribution in [3.8, 4) is 0 Å². The predicted octanol–water partition coefficient (Wildman–Crippen LogP) is 6.86. The van der Waals surface area contributed by atoms with Crippen LogP contribution in [0.15, 0.2) is 12.2 Å². The van der Waals surface area contributed by atoms with E-state index < -0.39 is 0 Å². The molecule has 0 aliphatic heterocycles. The molecule has 0 aromatic carbocycles. The van der Waals surface area contributed by atoms with Crippen molar-refractivity contribution in [1.82, 2.24) is 0 Å². The summed E-state index contributed by atoms with van der Waals surface area (Å²) in [6, 6.07) is 0. The standard InChI is InChI=1S/C20H38/c1-6-16-14-12-11-13-15-17(7-2)19(9-4)20(10-5)18(16)8-3/h12,14,16-20H,6-11,13,15H2,1-5H3. The van der Waals surface area contributed by atoms with Crippen LogP contribution in [0.2, 0.25) is 0 Å². The van der Waals surface area contributed by atoms with Crippen LogP contribution in [0.1, 0.15) is 86.0 Å². The van der Waals surface area contributed by atoms with Crippen molar-refractivity contribution in [2.75, 3.05) is 0 Å². The highest BCUT2D eigenvalue weighted by atomic mass is 14.4. The molecule has 0 aromatic rings. The third kappa shape index (κ3) is 4.37. The van der Waals surface area contributed by atoms with Crippen LogP contribution in [-0.2, 0) is 0 Å². The summed E-state index contributed by atoms with van der Waals surface area (Å²) in [5.74, 6) is 4.56. The lowest BCUT2D eigenvalue weighted by atomic mass is 9.65. The zero-order valence-electron chi connectivity index (χ0n) is 14.7. The van der Waals surface area contributed by atoms with Crippen molar-refractivity contribution in [2.24, 2.45) is 29.6 Å². The van der Waals surface area contributed by atoms with Gasteiger partial charge in [-0.1, -0.05) is 72.5 Å². The van der Waals surface area contributed by atoms with E-state index >= 15 is 0 Å². The zero-order chi connectivity index (χ0) is 15.0. The molecule has 20 heavy (non-hydrogen) atoms. The van der Waals surface area contributed by atoms with Crippen molar-refractivity contribution >= 4 is 0 Å². The molecule has 0 fully saturated rings. The van der Waals surface area contributed by atoms with Crippen LogP contribution in [-0.4, -0.2) is 0 Å². The van der Waals surface area contributed by atoms with Crippen LogP contribution >= 0.6 is 0 Å². The first-order chi connectivity index (χ1) is 9.73. The minimum atomic E-state index is 0.814. The van der Waals surface area contributed by atoms with Crippen molar-refractivity contribution in [3.63, 3.8) is 0 Å². The van der Waals surface area contributed by atoms with Gasteiger partial charge >= 0.3 is 0 Å². The first-order valence-electron chi connectivity index (χ1n) is 9.39. The average Bonchev–Trinajstić information content (AvgIpc) is 2.49. The average molecular weight is 279 g/mol. The molecule has 118 valence electrons. The highest BCUT2D eigenvalue weighted by Crippen LogP contribution is 2.42. The fourth-order valence-electron chi connectivity index (χ4n) is 4.90. The summed E-state index contributed by atoms with van der Waals surface area (Å²) in [4.78, 5) is 0. The first kappa shape index (κ1) is 17.8. The van der Waals surface area contributed by atoms with Gasteiger partial charge in [0.15, 0.2) is 0 Å². The van der Waals surface area contributed by atoms with Gasteiger partial charge in [0, 0.05) is 0 Å². The quantitative estimate of drug-likeness (QED) is 0.482. The van der Waals surface area contributed by atoms with E-state index in [-0.39, 0.29) is 0 Å². The topological polar surface area (TPSA) is 0 Å². The number of rotatable bonds is 5. The van der Waals surface area contributed by atoms with E-state index in [0.29, 0.717) is 0 Å². The second kappa shape index (κ2) is 9.64. The van der Waals surface area contributed by atoms with E-state index in [1.165, 1.54) is 51.4 Å². The molecule has 0 heterocycles. The van der Waals surface area contributed by atoms with Gasteiger partial charge in [-0.2, -0.15) is 0 Å². The van der Waals surface area contributed by atoms with E-state index in [1.807, 2.05) is 0 Å². The fraction of sp³-hybridized carbons (Fsp3) is 0.900. The van der Waals surface area contributed by atoms with Gasteiger partial charge in [-0.15, -0.1) is 0 Å². The third-order valence-corrected chi connectivity index (χ3v) is 5.99. The molecule has 1 aliphatic rings. The minimum Gasteiger partial charge on any atom is -0.0882 e. The Hall–Kier alpha value is -0.260. The van der Waals surface area contributed by atoms with Gasteiger partial charge in [0.05, 0.1) is 0 Å². The van der Waals surface area contributed by atoms with Crippen LogP contribution in [0.3, 0.4) is 0 Å². The van der Waals surface area contributed by atoms with Crippen molar-refractivity contribution < 1.29 is 0 Å². The summed E-state index contributed by atoms with van der Waals surface area (Å²) < 4.78 is 0. The molecule has 0 amide bonds. The van der Waals surface area contributed by atoms with Crippen LogP contribution < -0.4 is 0 Å². The normalized spacial score (nSPS) is 36.0. The minimum absolute atomic E-state index is 0.814. The summed E-state index contributed by atoms with van der Waals surface area (Å²) in [6.07, 6.45) is 16.0. The Labute approximate surface area is 128 Å². The summed E-state index contributed by atoms with van der Waals surface area (Å²) in [7, 11) is 0. The van der Waals surface area contributed by atoms with E-state index in [2.05, 4.69) is 46.8 Å². The molecular weight excluding hydrogens is 240 g/mol. The summed E-state index contributed by atoms with van der Waals surface area (Å²) in [5.41, 5.74) is 0. The maximum absolute atomic E-state index is 2.57. The van der Waals surface area contributed by atoms with E-state index in [9.17, 15) is 0 Å². The Balaban J connectivity index is 3.06. The van der Waals surface area contributed by atoms with E-state index in [0.717, 1.165) is 29.6 Å². The Morgan fingerprint density at radius 1 is 0.750 bits per heavy atom. The molecule has 0 radical (unpaired) electrons. The molecule has 0 heteroatoms. The Morgan fingerprint density at radius 2 is 1.40 bits per heavy atom. The molecule has 0 saturated heterocycles. The van der Waals surface area contributed by atoms with Gasteiger partial charge in [0.25, 0.3) is 0 Å². The van der Waals surface area contributed by atoms with Gasteiger partial charge < -0.3 is 0 Å². The number of allylic oxidation sites excluding steroid dienone is 2. The first-order valence-corrected chi connectivity index (χ1v) is 9.39. The van der Waals surface area contributed by atoms with E-state index in [4.69, 9.17) is 0 Å². The second-order valence-corrected chi connectivity index (χ2v) is 6.82. The van der Waals surface area contributed by atoms with Gasteiger partial charge in [-0.25, -0.2) is 0 Å². The number of hydrogen-bond donors (Lipinski definition) is 0. The molecule has 5 unspecified atom stereocenters. The smallest absolute Gasteiger partial charge is 0.0205 e. The molecular formula is C20H38. The van der Waals surface area contributed by atoms with E-state index in [1.54, 1.807) is 0 Å². The fourth-order valence-corrected chi connectivity index (χ4v) is 4.90. The van der Waals surface area contributed by atoms with Gasteiger partial charge in [-0.3, -0.25) is 0 Å². The lowest BCUT2D eigenvalue weighted by molar-refractivity contribution is 0.107. The van der Waals surface area contributed by atoms with Crippen molar-refractivity contribution in [2.45, 2.75) is 86.0 Å². The van der Waals surface area contributed by atoms with Crippen LogP contribution in [0.4, 0.5) is 0 Å². The monoisotopic (exact) mass is 278 g/mol. The molecule has 0 spiro atoms. The van der Waals surface area contributed by atoms with Crippen molar-refractivity contribution in [1.29, 1.82) is 0 Å². The Bertz CT molecular complexity index is 265. The third-order valence-electron chi connectivity index (χ3n) is 5.99. The molecule has 0 N–H and O–H groups in total. The molecule has 0 aromatic heterocycles. The molecule has 1 rings (SSSR count). The Morgan fingerprint density at radius 3 is 1.90 bits per heavy atom. The van der Waals surface area contributed by atoms with Gasteiger partial charge in [-0.05, 0) is 55.3 Å². The van der Waals surface area contributed by atoms with Crippen LogP contribution in [0.25, 0.3) is 0 Å². The van der Waals surface area contributed by atoms with Gasteiger partial charge in [0.2, 0.25) is 0 Å². The zero-order valence-corrected chi connectivity index (χ0v) is 14.7. The van der Waals surface area contributed by atoms with Crippen LogP contribution in [0, 0.1) is 29.6 Å².